The van der Waals surface area contributed by atoms with Gasteiger partial charge in [-0.05, 0) is 30.7 Å². The maximum Gasteiger partial charge on any atom is 0.247 e. The maximum absolute atomic E-state index is 12.3. The highest BCUT2D eigenvalue weighted by Gasteiger charge is 2.16. The number of amidine groups is 1. The molecule has 0 aliphatic carbocycles. The van der Waals surface area contributed by atoms with Gasteiger partial charge in [-0.3, -0.25) is 4.79 Å². The van der Waals surface area contributed by atoms with Crippen LogP contribution in [0.15, 0.2) is 28.8 Å². The molecule has 1 amide bonds. The van der Waals surface area contributed by atoms with E-state index in [-0.39, 0.29) is 5.91 Å². The molecule has 1 aromatic carbocycles. The van der Waals surface area contributed by atoms with Crippen molar-refractivity contribution in [1.82, 2.24) is 5.32 Å². The molecule has 5 nitrogen and oxygen atoms in total. The summed E-state index contributed by atoms with van der Waals surface area (Å²) in [5.41, 5.74) is 8.15. The SMILES string of the molecule is CCCCCNC(=O)C1=Cc2cc(OC)ccc2N=C(N)C1. The number of hydrogen-bond donors (Lipinski definition) is 2. The molecule has 0 unspecified atom stereocenters. The lowest BCUT2D eigenvalue weighted by atomic mass is 10.1. The van der Waals surface area contributed by atoms with E-state index in [1.54, 1.807) is 7.11 Å². The molecule has 0 saturated carbocycles. The van der Waals surface area contributed by atoms with Gasteiger partial charge in [0.1, 0.15) is 11.6 Å². The van der Waals surface area contributed by atoms with Crippen LogP contribution in [0.1, 0.15) is 38.2 Å². The zero-order valence-electron chi connectivity index (χ0n) is 13.2. The highest BCUT2D eigenvalue weighted by molar-refractivity contribution is 6.05. The van der Waals surface area contributed by atoms with Crippen molar-refractivity contribution in [3.63, 3.8) is 0 Å². The zero-order valence-corrected chi connectivity index (χ0v) is 13.2. The summed E-state index contributed by atoms with van der Waals surface area (Å²) in [5, 5.41) is 2.95. The fourth-order valence-electron chi connectivity index (χ4n) is 2.34. The van der Waals surface area contributed by atoms with E-state index in [1.165, 1.54) is 0 Å². The molecule has 0 fully saturated rings. The van der Waals surface area contributed by atoms with Gasteiger partial charge in [-0.25, -0.2) is 4.99 Å². The number of nitrogens with two attached hydrogens (primary N) is 1. The average Bonchev–Trinajstić information content (AvgIpc) is 2.68. The van der Waals surface area contributed by atoms with Crippen molar-refractivity contribution in [1.29, 1.82) is 0 Å². The minimum atomic E-state index is -0.0788. The quantitative estimate of drug-likeness (QED) is 0.793. The molecule has 1 aliphatic heterocycles. The van der Waals surface area contributed by atoms with Crippen LogP contribution in [0.3, 0.4) is 0 Å². The van der Waals surface area contributed by atoms with Gasteiger partial charge in [-0.1, -0.05) is 19.8 Å². The van der Waals surface area contributed by atoms with Gasteiger partial charge in [0.05, 0.1) is 12.8 Å². The molecule has 0 spiro atoms. The first-order valence-corrected chi connectivity index (χ1v) is 7.64. The molecule has 3 N–H and O–H groups in total. The van der Waals surface area contributed by atoms with Crippen molar-refractivity contribution < 1.29 is 9.53 Å². The lowest BCUT2D eigenvalue weighted by molar-refractivity contribution is -0.117. The highest BCUT2D eigenvalue weighted by Crippen LogP contribution is 2.29. The highest BCUT2D eigenvalue weighted by atomic mass is 16.5. The Kier molecular flexibility index (Phi) is 5.58. The number of nitrogens with zero attached hydrogens (tertiary/aromatic N) is 1. The van der Waals surface area contributed by atoms with Gasteiger partial charge in [-0.15, -0.1) is 0 Å². The number of carbonyl (C=O) groups is 1. The number of rotatable bonds is 6. The van der Waals surface area contributed by atoms with E-state index in [4.69, 9.17) is 10.5 Å². The van der Waals surface area contributed by atoms with E-state index in [1.807, 2.05) is 24.3 Å². The summed E-state index contributed by atoms with van der Waals surface area (Å²) in [6, 6.07) is 5.54. The first kappa shape index (κ1) is 16.1. The van der Waals surface area contributed by atoms with Crippen LogP contribution >= 0.6 is 0 Å². The molecular formula is C17H23N3O2. The number of methoxy groups -OCH3 is 1. The van der Waals surface area contributed by atoms with Crippen molar-refractivity contribution >= 4 is 23.5 Å². The Labute approximate surface area is 131 Å². The molecule has 22 heavy (non-hydrogen) atoms. The summed E-state index contributed by atoms with van der Waals surface area (Å²) >= 11 is 0. The van der Waals surface area contributed by atoms with Crippen LogP contribution in [0.2, 0.25) is 0 Å². The monoisotopic (exact) mass is 301 g/mol. The molecule has 0 saturated heterocycles. The molecular weight excluding hydrogens is 278 g/mol. The van der Waals surface area contributed by atoms with Gasteiger partial charge < -0.3 is 15.8 Å². The molecule has 0 bridgehead atoms. The summed E-state index contributed by atoms with van der Waals surface area (Å²) in [6.07, 6.45) is 5.44. The van der Waals surface area contributed by atoms with Crippen LogP contribution in [0.25, 0.3) is 6.08 Å². The summed E-state index contributed by atoms with van der Waals surface area (Å²) in [5.74, 6) is 1.09. The largest absolute Gasteiger partial charge is 0.497 e. The van der Waals surface area contributed by atoms with Gasteiger partial charge in [0.2, 0.25) is 5.91 Å². The van der Waals surface area contributed by atoms with Crippen molar-refractivity contribution in [3.05, 3.63) is 29.3 Å². The number of nitrogens with one attached hydrogen (secondary N) is 1. The normalized spacial score (nSPS) is 13.5. The van der Waals surface area contributed by atoms with E-state index in [0.717, 1.165) is 36.3 Å². The van der Waals surface area contributed by atoms with Gasteiger partial charge >= 0.3 is 0 Å². The number of carbonyl (C=O) groups excluding carboxylic acids is 1. The van der Waals surface area contributed by atoms with Gasteiger partial charge in [0.15, 0.2) is 0 Å². The average molecular weight is 301 g/mol. The summed E-state index contributed by atoms with van der Waals surface area (Å²) in [4.78, 5) is 16.7. The van der Waals surface area contributed by atoms with E-state index in [0.29, 0.717) is 24.4 Å². The molecule has 0 atom stereocenters. The minimum absolute atomic E-state index is 0.0788. The zero-order chi connectivity index (χ0) is 15.9. The van der Waals surface area contributed by atoms with Crippen LogP contribution in [-0.4, -0.2) is 25.4 Å². The summed E-state index contributed by atoms with van der Waals surface area (Å²) in [6.45, 7) is 2.82. The molecule has 1 aliphatic rings. The van der Waals surface area contributed by atoms with E-state index < -0.39 is 0 Å². The van der Waals surface area contributed by atoms with Gasteiger partial charge in [0, 0.05) is 24.1 Å². The van der Waals surface area contributed by atoms with Crippen molar-refractivity contribution in [2.24, 2.45) is 10.7 Å². The standard InChI is InChI=1S/C17H23N3O2/c1-3-4-5-8-19-17(21)13-9-12-10-14(22-2)6-7-15(12)20-16(18)11-13/h6-7,9-10H,3-5,8,11H2,1-2H3,(H2,18,20)(H,19,21). The second kappa shape index (κ2) is 7.64. The predicted molar refractivity (Wildman–Crippen MR) is 89.4 cm³/mol. The molecule has 1 aromatic rings. The Morgan fingerprint density at radius 2 is 2.23 bits per heavy atom. The number of hydrogen-bond acceptors (Lipinski definition) is 4. The topological polar surface area (TPSA) is 76.7 Å². The van der Waals surface area contributed by atoms with E-state index in [2.05, 4.69) is 17.2 Å². The van der Waals surface area contributed by atoms with Gasteiger partial charge in [-0.2, -0.15) is 0 Å². The first-order chi connectivity index (χ1) is 10.6. The second-order valence-corrected chi connectivity index (χ2v) is 5.34. The van der Waals surface area contributed by atoms with E-state index >= 15 is 0 Å². The Morgan fingerprint density at radius 1 is 1.41 bits per heavy atom. The number of amides is 1. The maximum atomic E-state index is 12.3. The number of fused-ring (bicyclic) bond motifs is 1. The Hall–Kier alpha value is -2.30. The van der Waals surface area contributed by atoms with Crippen molar-refractivity contribution in [3.8, 4) is 5.75 Å². The van der Waals surface area contributed by atoms with Crippen LogP contribution in [0, 0.1) is 0 Å². The number of ether oxygens (including phenoxy) is 1. The number of unbranched alkanes of at least 4 members (excludes halogenated alkanes) is 2. The third kappa shape index (κ3) is 4.10. The van der Waals surface area contributed by atoms with E-state index in [9.17, 15) is 4.79 Å². The number of aliphatic imine (C=N–C) groups is 1. The summed E-state index contributed by atoms with van der Waals surface area (Å²) < 4.78 is 5.23. The van der Waals surface area contributed by atoms with Crippen LogP contribution in [0.4, 0.5) is 5.69 Å². The summed E-state index contributed by atoms with van der Waals surface area (Å²) in [7, 11) is 1.61. The molecule has 0 aromatic heterocycles. The predicted octanol–water partition coefficient (Wildman–Crippen LogP) is 2.78. The minimum Gasteiger partial charge on any atom is -0.497 e. The Balaban J connectivity index is 2.19. The van der Waals surface area contributed by atoms with Crippen molar-refractivity contribution in [2.45, 2.75) is 32.6 Å². The lowest BCUT2D eigenvalue weighted by Crippen LogP contribution is -2.28. The smallest absolute Gasteiger partial charge is 0.247 e. The second-order valence-electron chi connectivity index (χ2n) is 5.34. The first-order valence-electron chi connectivity index (χ1n) is 7.64. The van der Waals surface area contributed by atoms with Crippen LogP contribution in [0.5, 0.6) is 5.75 Å². The van der Waals surface area contributed by atoms with Gasteiger partial charge in [0.25, 0.3) is 0 Å². The molecule has 0 radical (unpaired) electrons. The molecule has 5 heteroatoms. The lowest BCUT2D eigenvalue weighted by Gasteiger charge is -2.07. The number of benzene rings is 1. The third-order valence-corrected chi connectivity index (χ3v) is 3.56. The third-order valence-electron chi connectivity index (χ3n) is 3.56. The Morgan fingerprint density at radius 3 is 2.95 bits per heavy atom. The Bertz CT molecular complexity index is 606. The molecule has 2 rings (SSSR count). The van der Waals surface area contributed by atoms with Crippen molar-refractivity contribution in [2.75, 3.05) is 13.7 Å². The fourth-order valence-corrected chi connectivity index (χ4v) is 2.34. The van der Waals surface area contributed by atoms with Crippen LogP contribution < -0.4 is 15.8 Å². The fraction of sp³-hybridized carbons (Fsp3) is 0.412. The molecule has 1 heterocycles. The van der Waals surface area contributed by atoms with Crippen LogP contribution in [-0.2, 0) is 4.79 Å². The molecule has 118 valence electrons.